The van der Waals surface area contributed by atoms with Crippen LogP contribution in [0.25, 0.3) is 10.1 Å². The van der Waals surface area contributed by atoms with E-state index in [-0.39, 0.29) is 24.1 Å². The second kappa shape index (κ2) is 7.52. The van der Waals surface area contributed by atoms with Gasteiger partial charge < -0.3 is 9.64 Å². The van der Waals surface area contributed by atoms with Crippen molar-refractivity contribution in [3.05, 3.63) is 34.5 Å². The van der Waals surface area contributed by atoms with Crippen molar-refractivity contribution < 1.29 is 18.7 Å². The third kappa shape index (κ3) is 5.01. The first-order chi connectivity index (χ1) is 11.6. The van der Waals surface area contributed by atoms with Gasteiger partial charge in [0, 0.05) is 24.7 Å². The average Bonchev–Trinajstić information content (AvgIpc) is 2.81. The third-order valence-corrected chi connectivity index (χ3v) is 4.99. The Morgan fingerprint density at radius 3 is 2.60 bits per heavy atom. The zero-order valence-corrected chi connectivity index (χ0v) is 16.1. The van der Waals surface area contributed by atoms with E-state index >= 15 is 0 Å². The van der Waals surface area contributed by atoms with Crippen molar-refractivity contribution in [3.63, 3.8) is 0 Å². The summed E-state index contributed by atoms with van der Waals surface area (Å²) in [6.07, 6.45) is 0.807. The van der Waals surface area contributed by atoms with E-state index in [0.29, 0.717) is 17.8 Å². The predicted molar refractivity (Wildman–Crippen MR) is 98.6 cm³/mol. The summed E-state index contributed by atoms with van der Waals surface area (Å²) in [6, 6.07) is 4.55. The van der Waals surface area contributed by atoms with Crippen LogP contribution in [-0.2, 0) is 9.53 Å². The van der Waals surface area contributed by atoms with E-state index in [1.54, 1.807) is 18.0 Å². The van der Waals surface area contributed by atoms with Gasteiger partial charge in [-0.25, -0.2) is 4.39 Å². The maximum atomic E-state index is 13.4. The molecule has 0 radical (unpaired) electrons. The first-order valence-corrected chi connectivity index (χ1v) is 9.06. The molecule has 2 aromatic rings. The van der Waals surface area contributed by atoms with Gasteiger partial charge >= 0.3 is 5.97 Å². The molecule has 0 saturated carbocycles. The SMILES string of the molecule is Cc1c(C(=O)N(C)CCCC(=O)OC(C)(C)C)sc2ccc(F)cc12. The van der Waals surface area contributed by atoms with Gasteiger partial charge in [0.25, 0.3) is 5.91 Å². The summed E-state index contributed by atoms with van der Waals surface area (Å²) in [5.41, 5.74) is 0.297. The summed E-state index contributed by atoms with van der Waals surface area (Å²) in [6.45, 7) is 7.77. The lowest BCUT2D eigenvalue weighted by molar-refractivity contribution is -0.154. The van der Waals surface area contributed by atoms with Crippen LogP contribution in [0.2, 0.25) is 0 Å². The number of halogens is 1. The molecule has 0 unspecified atom stereocenters. The lowest BCUT2D eigenvalue weighted by atomic mass is 10.1. The van der Waals surface area contributed by atoms with Crippen molar-refractivity contribution in [1.29, 1.82) is 0 Å². The summed E-state index contributed by atoms with van der Waals surface area (Å²) in [4.78, 5) is 26.6. The number of rotatable bonds is 5. The van der Waals surface area contributed by atoms with Gasteiger partial charge in [-0.05, 0) is 63.3 Å². The van der Waals surface area contributed by atoms with Crippen molar-refractivity contribution in [1.82, 2.24) is 4.90 Å². The maximum absolute atomic E-state index is 13.4. The molecule has 1 amide bonds. The van der Waals surface area contributed by atoms with E-state index in [0.717, 1.165) is 15.6 Å². The lowest BCUT2D eigenvalue weighted by Gasteiger charge is -2.20. The van der Waals surface area contributed by atoms with E-state index in [1.807, 2.05) is 27.7 Å². The molecule has 0 aliphatic carbocycles. The summed E-state index contributed by atoms with van der Waals surface area (Å²) in [5, 5.41) is 0.774. The topological polar surface area (TPSA) is 46.6 Å². The van der Waals surface area contributed by atoms with Crippen LogP contribution in [0, 0.1) is 12.7 Å². The number of carbonyl (C=O) groups excluding carboxylic acids is 2. The fraction of sp³-hybridized carbons (Fsp3) is 0.474. The van der Waals surface area contributed by atoms with Crippen molar-refractivity contribution in [2.45, 2.75) is 46.1 Å². The number of benzene rings is 1. The lowest BCUT2D eigenvalue weighted by Crippen LogP contribution is -2.29. The minimum atomic E-state index is -0.498. The van der Waals surface area contributed by atoms with E-state index < -0.39 is 5.60 Å². The number of ether oxygens (including phenoxy) is 1. The minimum absolute atomic E-state index is 0.108. The monoisotopic (exact) mass is 365 g/mol. The van der Waals surface area contributed by atoms with Crippen LogP contribution in [0.5, 0.6) is 0 Å². The molecule has 136 valence electrons. The van der Waals surface area contributed by atoms with Gasteiger partial charge in [0.2, 0.25) is 0 Å². The molecule has 1 heterocycles. The highest BCUT2D eigenvalue weighted by molar-refractivity contribution is 7.21. The first-order valence-electron chi connectivity index (χ1n) is 8.24. The fourth-order valence-corrected chi connectivity index (χ4v) is 3.71. The highest BCUT2D eigenvalue weighted by Crippen LogP contribution is 2.32. The van der Waals surface area contributed by atoms with E-state index in [2.05, 4.69) is 0 Å². The summed E-state index contributed by atoms with van der Waals surface area (Å²) < 4.78 is 19.6. The van der Waals surface area contributed by atoms with Crippen molar-refractivity contribution in [3.8, 4) is 0 Å². The smallest absolute Gasteiger partial charge is 0.306 e. The molecule has 6 heteroatoms. The van der Waals surface area contributed by atoms with Gasteiger partial charge in [-0.15, -0.1) is 11.3 Å². The molecule has 2 rings (SSSR count). The average molecular weight is 365 g/mol. The molecular formula is C19H24FNO3S. The highest BCUT2D eigenvalue weighted by Gasteiger charge is 2.20. The van der Waals surface area contributed by atoms with E-state index in [9.17, 15) is 14.0 Å². The van der Waals surface area contributed by atoms with Crippen LogP contribution in [0.15, 0.2) is 18.2 Å². The van der Waals surface area contributed by atoms with Gasteiger partial charge in [-0.3, -0.25) is 9.59 Å². The van der Waals surface area contributed by atoms with Gasteiger partial charge in [0.05, 0.1) is 4.88 Å². The van der Waals surface area contributed by atoms with Crippen LogP contribution in [-0.4, -0.2) is 36.0 Å². The van der Waals surface area contributed by atoms with E-state index in [4.69, 9.17) is 4.74 Å². The quantitative estimate of drug-likeness (QED) is 0.731. The Labute approximate surface area is 151 Å². The van der Waals surface area contributed by atoms with Crippen LogP contribution >= 0.6 is 11.3 Å². The number of aryl methyl sites for hydroxylation is 1. The number of esters is 1. The molecule has 0 aliphatic heterocycles. The summed E-state index contributed by atoms with van der Waals surface area (Å²) in [7, 11) is 1.71. The van der Waals surface area contributed by atoms with Gasteiger partial charge in [-0.1, -0.05) is 0 Å². The zero-order valence-electron chi connectivity index (χ0n) is 15.3. The second-order valence-electron chi connectivity index (χ2n) is 7.11. The minimum Gasteiger partial charge on any atom is -0.460 e. The Hall–Kier alpha value is -1.95. The number of hydrogen-bond donors (Lipinski definition) is 0. The van der Waals surface area contributed by atoms with Gasteiger partial charge in [-0.2, -0.15) is 0 Å². The van der Waals surface area contributed by atoms with Crippen molar-refractivity contribution >= 4 is 33.3 Å². The predicted octanol–water partition coefficient (Wildman–Crippen LogP) is 4.54. The number of thiophene rings is 1. The third-order valence-electron chi connectivity index (χ3n) is 3.73. The van der Waals surface area contributed by atoms with Gasteiger partial charge in [0.15, 0.2) is 0 Å². The number of nitrogens with zero attached hydrogens (tertiary/aromatic N) is 1. The van der Waals surface area contributed by atoms with Crippen molar-refractivity contribution in [2.24, 2.45) is 0 Å². The molecule has 0 spiro atoms. The molecule has 0 atom stereocenters. The summed E-state index contributed by atoms with van der Waals surface area (Å²) >= 11 is 1.37. The first kappa shape index (κ1) is 19.4. The van der Waals surface area contributed by atoms with Crippen molar-refractivity contribution in [2.75, 3.05) is 13.6 Å². The number of amides is 1. The molecular weight excluding hydrogens is 341 g/mol. The molecule has 0 N–H and O–H groups in total. The number of fused-ring (bicyclic) bond motifs is 1. The fourth-order valence-electron chi connectivity index (χ4n) is 2.53. The molecule has 4 nitrogen and oxygen atoms in total. The standard InChI is InChI=1S/C19H24FNO3S/c1-12-14-11-13(20)8-9-15(14)25-17(12)18(23)21(5)10-6-7-16(22)24-19(2,3)4/h8-9,11H,6-7,10H2,1-5H3. The Balaban J connectivity index is 1.98. The Morgan fingerprint density at radius 2 is 1.96 bits per heavy atom. The number of carbonyl (C=O) groups is 2. The van der Waals surface area contributed by atoms with Crippen LogP contribution in [0.1, 0.15) is 48.8 Å². The second-order valence-corrected chi connectivity index (χ2v) is 8.17. The molecule has 1 aromatic heterocycles. The normalized spacial score (nSPS) is 11.6. The van der Waals surface area contributed by atoms with Crippen LogP contribution in [0.3, 0.4) is 0 Å². The Morgan fingerprint density at radius 1 is 1.28 bits per heavy atom. The molecule has 25 heavy (non-hydrogen) atoms. The van der Waals surface area contributed by atoms with Gasteiger partial charge in [0.1, 0.15) is 11.4 Å². The Bertz CT molecular complexity index is 792. The molecule has 0 saturated heterocycles. The maximum Gasteiger partial charge on any atom is 0.306 e. The van der Waals surface area contributed by atoms with Crippen LogP contribution < -0.4 is 0 Å². The molecule has 0 fully saturated rings. The summed E-state index contributed by atoms with van der Waals surface area (Å²) in [5.74, 6) is -0.678. The van der Waals surface area contributed by atoms with Crippen LogP contribution in [0.4, 0.5) is 4.39 Å². The molecule has 0 aliphatic rings. The largest absolute Gasteiger partial charge is 0.460 e. The number of hydrogen-bond acceptors (Lipinski definition) is 4. The molecule has 1 aromatic carbocycles. The highest BCUT2D eigenvalue weighted by atomic mass is 32.1. The zero-order chi connectivity index (χ0) is 18.8. The molecule has 0 bridgehead atoms. The Kier molecular flexibility index (Phi) is 5.83. The van der Waals surface area contributed by atoms with E-state index in [1.165, 1.54) is 23.5 Å².